The molecule has 2 atom stereocenters. The summed E-state index contributed by atoms with van der Waals surface area (Å²) in [5, 5.41) is 12.5. The average molecular weight is 647 g/mol. The molecule has 0 aliphatic carbocycles. The monoisotopic (exact) mass is 646 g/mol. The fourth-order valence-corrected chi connectivity index (χ4v) is 7.58. The second-order valence-electron chi connectivity index (χ2n) is 13.3. The smallest absolute Gasteiger partial charge is 0.131 e. The zero-order chi connectivity index (χ0) is 33.3. The van der Waals surface area contributed by atoms with Crippen LogP contribution in [0.3, 0.4) is 0 Å². The Morgan fingerprint density at radius 3 is 1.96 bits per heavy atom. The summed E-state index contributed by atoms with van der Waals surface area (Å²) >= 11 is 0. The molecule has 9 rings (SSSR count). The maximum absolute atomic E-state index is 5.18. The number of rotatable bonds is 5. The van der Waals surface area contributed by atoms with E-state index < -0.39 is 0 Å². The average Bonchev–Trinajstić information content (AvgIpc) is 3.18. The van der Waals surface area contributed by atoms with Gasteiger partial charge in [0.05, 0.1) is 5.69 Å². The molecule has 0 saturated carbocycles. The summed E-state index contributed by atoms with van der Waals surface area (Å²) in [5.41, 5.74) is 10.6. The molecular formula is C46H38N4. The third-order valence-corrected chi connectivity index (χ3v) is 10.1. The van der Waals surface area contributed by atoms with Gasteiger partial charge in [-0.15, -0.1) is 0 Å². The van der Waals surface area contributed by atoms with Crippen LogP contribution in [0.2, 0.25) is 0 Å². The van der Waals surface area contributed by atoms with Crippen molar-refractivity contribution in [3.63, 3.8) is 0 Å². The Hall–Kier alpha value is -5.84. The van der Waals surface area contributed by atoms with Gasteiger partial charge in [-0.05, 0) is 99.0 Å². The Morgan fingerprint density at radius 2 is 1.14 bits per heavy atom. The highest BCUT2D eigenvalue weighted by molar-refractivity contribution is 6.15. The maximum Gasteiger partial charge on any atom is 0.131 e. The third-order valence-electron chi connectivity index (χ3n) is 10.1. The molecule has 0 bridgehead atoms. The lowest BCUT2D eigenvalue weighted by Crippen LogP contribution is -2.44. The van der Waals surface area contributed by atoms with Crippen molar-refractivity contribution < 1.29 is 0 Å². The van der Waals surface area contributed by atoms with Gasteiger partial charge in [-0.2, -0.15) is 0 Å². The van der Waals surface area contributed by atoms with Gasteiger partial charge in [0, 0.05) is 17.2 Å². The molecule has 2 aliphatic rings. The zero-order valence-corrected chi connectivity index (χ0v) is 27.9. The summed E-state index contributed by atoms with van der Waals surface area (Å²) < 4.78 is 0. The fourth-order valence-electron chi connectivity index (χ4n) is 7.58. The van der Waals surface area contributed by atoms with Crippen LogP contribution in [0.4, 0.5) is 5.69 Å². The van der Waals surface area contributed by atoms with Crippen molar-refractivity contribution in [3.8, 4) is 22.3 Å². The van der Waals surface area contributed by atoms with Crippen molar-refractivity contribution in [1.29, 1.82) is 0 Å². The lowest BCUT2D eigenvalue weighted by atomic mass is 9.89. The van der Waals surface area contributed by atoms with Gasteiger partial charge in [-0.25, -0.2) is 4.99 Å². The number of hydrogen-bond acceptors (Lipinski definition) is 4. The van der Waals surface area contributed by atoms with Gasteiger partial charge in [-0.1, -0.05) is 133 Å². The van der Waals surface area contributed by atoms with Gasteiger partial charge in [0.2, 0.25) is 0 Å². The van der Waals surface area contributed by atoms with E-state index in [4.69, 9.17) is 9.98 Å². The summed E-state index contributed by atoms with van der Waals surface area (Å²) in [4.78, 5) is 10.3. The second-order valence-corrected chi connectivity index (χ2v) is 13.3. The SMILES string of the molecule is C1=Nc2c(c3ccccc3c3ccc(-c4cccc(-c5cccc(C6N=C(c7ccccc7)NC(c7ccccc7)N6)c5)c4)cc23)CCCC1. The summed E-state index contributed by atoms with van der Waals surface area (Å²) in [5.74, 6) is 0.887. The Morgan fingerprint density at radius 1 is 0.500 bits per heavy atom. The maximum atomic E-state index is 5.18. The molecule has 7 aromatic carbocycles. The van der Waals surface area contributed by atoms with Crippen molar-refractivity contribution >= 4 is 39.3 Å². The minimum Gasteiger partial charge on any atom is -0.350 e. The molecule has 2 N–H and O–H groups in total. The Balaban J connectivity index is 1.09. The predicted molar refractivity (Wildman–Crippen MR) is 209 cm³/mol. The molecule has 0 spiro atoms. The van der Waals surface area contributed by atoms with Crippen LogP contribution in [0.5, 0.6) is 0 Å². The highest BCUT2D eigenvalue weighted by atomic mass is 15.3. The van der Waals surface area contributed by atoms with Crippen LogP contribution >= 0.6 is 0 Å². The zero-order valence-electron chi connectivity index (χ0n) is 27.9. The summed E-state index contributed by atoms with van der Waals surface area (Å²) in [6, 6.07) is 54.4. The highest BCUT2D eigenvalue weighted by Gasteiger charge is 2.25. The standard InChI is InChI=1S/C46H38N4/c1-4-14-31(15-5-1)44-48-45(32-16-6-2-7-17-32)50-46(49-44)37-21-13-20-35(29-37)33-18-12-19-34(28-33)36-25-26-40-38-22-9-10-23-39(38)41-24-8-3-11-27-47-43(41)42(40)30-36/h1-2,4-7,9-10,12-23,25-30,44,46,49H,3,8,11,24H2,(H,48,50). The molecule has 0 saturated heterocycles. The normalized spacial score (nSPS) is 17.4. The lowest BCUT2D eigenvalue weighted by Gasteiger charge is -2.32. The van der Waals surface area contributed by atoms with Crippen LogP contribution in [0.25, 0.3) is 43.8 Å². The van der Waals surface area contributed by atoms with E-state index in [-0.39, 0.29) is 12.3 Å². The quantitative estimate of drug-likeness (QED) is 0.183. The molecule has 2 unspecified atom stereocenters. The first-order valence-corrected chi connectivity index (χ1v) is 17.7. The molecule has 0 fully saturated rings. The molecule has 4 nitrogen and oxygen atoms in total. The van der Waals surface area contributed by atoms with Crippen LogP contribution in [-0.4, -0.2) is 12.1 Å². The first kappa shape index (κ1) is 30.2. The molecule has 7 aromatic rings. The van der Waals surface area contributed by atoms with Crippen LogP contribution < -0.4 is 10.6 Å². The van der Waals surface area contributed by atoms with Crippen molar-refractivity contribution in [2.75, 3.05) is 0 Å². The van der Waals surface area contributed by atoms with E-state index in [0.29, 0.717) is 0 Å². The van der Waals surface area contributed by atoms with Crippen molar-refractivity contribution in [2.45, 2.75) is 38.0 Å². The first-order valence-electron chi connectivity index (χ1n) is 17.7. The van der Waals surface area contributed by atoms with E-state index in [9.17, 15) is 0 Å². The van der Waals surface area contributed by atoms with E-state index in [1.54, 1.807) is 0 Å². The van der Waals surface area contributed by atoms with Crippen LogP contribution in [0, 0.1) is 0 Å². The van der Waals surface area contributed by atoms with Gasteiger partial charge in [-0.3, -0.25) is 10.3 Å². The lowest BCUT2D eigenvalue weighted by molar-refractivity contribution is 0.409. The summed E-state index contributed by atoms with van der Waals surface area (Å²) in [7, 11) is 0. The Bertz CT molecular complexity index is 2390. The van der Waals surface area contributed by atoms with Gasteiger partial charge in [0.15, 0.2) is 0 Å². The van der Waals surface area contributed by atoms with Crippen molar-refractivity contribution in [3.05, 3.63) is 174 Å². The number of benzene rings is 7. The molecule has 2 heterocycles. The molecule has 2 aliphatic heterocycles. The van der Waals surface area contributed by atoms with E-state index in [2.05, 4.69) is 162 Å². The minimum atomic E-state index is -0.213. The van der Waals surface area contributed by atoms with E-state index in [0.717, 1.165) is 35.5 Å². The molecule has 0 amide bonds. The van der Waals surface area contributed by atoms with E-state index >= 15 is 0 Å². The fraction of sp³-hybridized carbons (Fsp3) is 0.130. The van der Waals surface area contributed by atoms with Crippen molar-refractivity contribution in [2.24, 2.45) is 9.98 Å². The number of nitrogens with one attached hydrogen (secondary N) is 2. The Labute approximate surface area is 293 Å². The van der Waals surface area contributed by atoms with E-state index in [1.165, 1.54) is 67.8 Å². The molecule has 242 valence electrons. The number of aryl methyl sites for hydroxylation is 1. The number of hydrogen-bond donors (Lipinski definition) is 2. The van der Waals surface area contributed by atoms with Gasteiger partial charge < -0.3 is 5.32 Å². The first-order chi connectivity index (χ1) is 24.8. The van der Waals surface area contributed by atoms with Crippen LogP contribution in [-0.2, 0) is 6.42 Å². The molecule has 0 aromatic heterocycles. The predicted octanol–water partition coefficient (Wildman–Crippen LogP) is 11.1. The van der Waals surface area contributed by atoms with Crippen molar-refractivity contribution in [1.82, 2.24) is 10.6 Å². The van der Waals surface area contributed by atoms with Gasteiger partial charge in [0.25, 0.3) is 0 Å². The van der Waals surface area contributed by atoms with Crippen LogP contribution in [0.15, 0.2) is 162 Å². The second kappa shape index (κ2) is 13.2. The third kappa shape index (κ3) is 5.78. The topological polar surface area (TPSA) is 48.8 Å². The largest absolute Gasteiger partial charge is 0.350 e. The highest BCUT2D eigenvalue weighted by Crippen LogP contribution is 2.42. The summed E-state index contributed by atoms with van der Waals surface area (Å²) in [6.07, 6.45) is 6.31. The Kier molecular flexibility index (Phi) is 8.00. The summed E-state index contributed by atoms with van der Waals surface area (Å²) in [6.45, 7) is 0. The van der Waals surface area contributed by atoms with E-state index in [1.807, 2.05) is 6.07 Å². The number of amidine groups is 1. The number of aliphatic imine (C=N–C) groups is 2. The number of nitrogens with zero attached hydrogens (tertiary/aromatic N) is 2. The van der Waals surface area contributed by atoms with Crippen LogP contribution in [0.1, 0.15) is 53.8 Å². The van der Waals surface area contributed by atoms with Gasteiger partial charge >= 0.3 is 0 Å². The number of fused-ring (bicyclic) bond motifs is 6. The molecule has 4 heteroatoms. The van der Waals surface area contributed by atoms with Gasteiger partial charge in [0.1, 0.15) is 18.2 Å². The minimum absolute atomic E-state index is 0.0744. The molecule has 50 heavy (non-hydrogen) atoms. The molecule has 0 radical (unpaired) electrons. The molecular weight excluding hydrogens is 609 g/mol.